The van der Waals surface area contributed by atoms with Crippen LogP contribution in [0.3, 0.4) is 0 Å². The Bertz CT molecular complexity index is 256. The van der Waals surface area contributed by atoms with Crippen LogP contribution in [0.5, 0.6) is 5.88 Å². The highest BCUT2D eigenvalue weighted by Gasteiger charge is 1.97. The fraction of sp³-hybridized carbons (Fsp3) is 0.143. The predicted molar refractivity (Wildman–Crippen MR) is 39.2 cm³/mol. The van der Waals surface area contributed by atoms with E-state index in [4.69, 9.17) is 5.73 Å². The van der Waals surface area contributed by atoms with Gasteiger partial charge in [0, 0.05) is 12.3 Å². The molecule has 0 saturated heterocycles. The van der Waals surface area contributed by atoms with E-state index in [9.17, 15) is 4.79 Å². The molecule has 1 heterocycles. The molecule has 0 bridgehead atoms. The first kappa shape index (κ1) is 7.53. The molecule has 1 aromatic rings. The van der Waals surface area contributed by atoms with Gasteiger partial charge in [0.25, 0.3) is 0 Å². The molecule has 1 aromatic heterocycles. The standard InChI is InChI=1S/C7H8N2O2/c1-5-2-3-6(9-4-5)11-7(8)10/h2-4H,1H3,(H2,8,10). The first-order valence-electron chi connectivity index (χ1n) is 3.08. The molecule has 1 amide bonds. The van der Waals surface area contributed by atoms with Crippen molar-refractivity contribution in [2.24, 2.45) is 5.73 Å². The number of rotatable bonds is 1. The second-order valence-corrected chi connectivity index (χ2v) is 2.09. The molecule has 4 nitrogen and oxygen atoms in total. The zero-order valence-corrected chi connectivity index (χ0v) is 6.07. The Kier molecular flexibility index (Phi) is 2.06. The van der Waals surface area contributed by atoms with Gasteiger partial charge in [-0.2, -0.15) is 0 Å². The number of aryl methyl sites for hydroxylation is 1. The monoisotopic (exact) mass is 152 g/mol. The highest BCUT2D eigenvalue weighted by molar-refractivity contribution is 5.67. The average molecular weight is 152 g/mol. The van der Waals surface area contributed by atoms with Crippen LogP contribution in [-0.2, 0) is 0 Å². The van der Waals surface area contributed by atoms with Gasteiger partial charge in [0.1, 0.15) is 0 Å². The van der Waals surface area contributed by atoms with E-state index in [1.54, 1.807) is 18.3 Å². The van der Waals surface area contributed by atoms with Crippen molar-refractivity contribution in [3.05, 3.63) is 23.9 Å². The van der Waals surface area contributed by atoms with Crippen molar-refractivity contribution in [2.45, 2.75) is 6.92 Å². The quantitative estimate of drug-likeness (QED) is 0.648. The van der Waals surface area contributed by atoms with Crippen LogP contribution >= 0.6 is 0 Å². The van der Waals surface area contributed by atoms with Crippen LogP contribution in [0.2, 0.25) is 0 Å². The Morgan fingerprint density at radius 3 is 2.82 bits per heavy atom. The van der Waals surface area contributed by atoms with Crippen molar-refractivity contribution < 1.29 is 9.53 Å². The van der Waals surface area contributed by atoms with Gasteiger partial charge in [-0.3, -0.25) is 0 Å². The van der Waals surface area contributed by atoms with Gasteiger partial charge in [0.05, 0.1) is 0 Å². The Morgan fingerprint density at radius 1 is 1.64 bits per heavy atom. The summed E-state index contributed by atoms with van der Waals surface area (Å²) in [7, 11) is 0. The van der Waals surface area contributed by atoms with Crippen LogP contribution in [0, 0.1) is 6.92 Å². The zero-order chi connectivity index (χ0) is 8.27. The lowest BCUT2D eigenvalue weighted by Gasteiger charge is -1.97. The Morgan fingerprint density at radius 2 is 2.36 bits per heavy atom. The Labute approximate surface area is 64.0 Å². The van der Waals surface area contributed by atoms with Crippen LogP contribution in [0.15, 0.2) is 18.3 Å². The normalized spacial score (nSPS) is 9.18. The van der Waals surface area contributed by atoms with E-state index in [1.807, 2.05) is 6.92 Å². The number of carbonyl (C=O) groups excluding carboxylic acids is 1. The summed E-state index contributed by atoms with van der Waals surface area (Å²) in [5, 5.41) is 0. The molecule has 58 valence electrons. The van der Waals surface area contributed by atoms with Crippen molar-refractivity contribution in [2.75, 3.05) is 0 Å². The summed E-state index contributed by atoms with van der Waals surface area (Å²) in [4.78, 5) is 14.0. The molecule has 0 spiro atoms. The number of hydrogen-bond acceptors (Lipinski definition) is 3. The van der Waals surface area contributed by atoms with Gasteiger partial charge < -0.3 is 10.5 Å². The average Bonchev–Trinajstić information content (AvgIpc) is 1.93. The van der Waals surface area contributed by atoms with Gasteiger partial charge in [-0.1, -0.05) is 6.07 Å². The SMILES string of the molecule is Cc1ccc(OC(N)=O)nc1. The first-order chi connectivity index (χ1) is 5.18. The molecule has 0 atom stereocenters. The molecule has 0 aromatic carbocycles. The van der Waals surface area contributed by atoms with Gasteiger partial charge in [-0.15, -0.1) is 0 Å². The molecule has 1 rings (SSSR count). The van der Waals surface area contributed by atoms with Crippen molar-refractivity contribution in [3.63, 3.8) is 0 Å². The molecule has 0 radical (unpaired) electrons. The predicted octanol–water partition coefficient (Wildman–Crippen LogP) is 0.848. The lowest BCUT2D eigenvalue weighted by atomic mass is 10.3. The van der Waals surface area contributed by atoms with Crippen molar-refractivity contribution in [1.29, 1.82) is 0 Å². The van der Waals surface area contributed by atoms with Crippen LogP contribution in [0.1, 0.15) is 5.56 Å². The maximum Gasteiger partial charge on any atom is 0.411 e. The molecular formula is C7H8N2O2. The van der Waals surface area contributed by atoms with E-state index in [-0.39, 0.29) is 5.88 Å². The molecule has 0 fully saturated rings. The molecular weight excluding hydrogens is 144 g/mol. The maximum atomic E-state index is 10.2. The second kappa shape index (κ2) is 3.01. The Balaban J connectivity index is 2.74. The number of hydrogen-bond donors (Lipinski definition) is 1. The maximum absolute atomic E-state index is 10.2. The fourth-order valence-electron chi connectivity index (χ4n) is 0.618. The number of nitrogens with zero attached hydrogens (tertiary/aromatic N) is 1. The second-order valence-electron chi connectivity index (χ2n) is 2.09. The van der Waals surface area contributed by atoms with E-state index in [0.29, 0.717) is 0 Å². The summed E-state index contributed by atoms with van der Waals surface area (Å²) < 4.78 is 4.50. The summed E-state index contributed by atoms with van der Waals surface area (Å²) in [5.74, 6) is 0.225. The summed E-state index contributed by atoms with van der Waals surface area (Å²) >= 11 is 0. The van der Waals surface area contributed by atoms with E-state index >= 15 is 0 Å². The number of ether oxygens (including phenoxy) is 1. The molecule has 2 N–H and O–H groups in total. The third-order valence-electron chi connectivity index (χ3n) is 1.09. The largest absolute Gasteiger partial charge is 0.411 e. The summed E-state index contributed by atoms with van der Waals surface area (Å²) in [6.45, 7) is 1.89. The van der Waals surface area contributed by atoms with Crippen molar-refractivity contribution >= 4 is 6.09 Å². The van der Waals surface area contributed by atoms with Gasteiger partial charge >= 0.3 is 6.09 Å². The van der Waals surface area contributed by atoms with Crippen molar-refractivity contribution in [3.8, 4) is 5.88 Å². The topological polar surface area (TPSA) is 65.2 Å². The van der Waals surface area contributed by atoms with Crippen LogP contribution in [0.25, 0.3) is 0 Å². The number of carbonyl (C=O) groups is 1. The summed E-state index contributed by atoms with van der Waals surface area (Å²) in [6.07, 6.45) is 0.750. The molecule has 0 aliphatic heterocycles. The molecule has 4 heteroatoms. The lowest BCUT2D eigenvalue weighted by Crippen LogP contribution is -2.16. The highest BCUT2D eigenvalue weighted by atomic mass is 16.6. The third-order valence-corrected chi connectivity index (χ3v) is 1.09. The van der Waals surface area contributed by atoms with Crippen LogP contribution in [-0.4, -0.2) is 11.1 Å². The molecule has 0 aliphatic carbocycles. The highest BCUT2D eigenvalue weighted by Crippen LogP contribution is 2.05. The molecule has 0 aliphatic rings. The molecule has 0 saturated carbocycles. The summed E-state index contributed by atoms with van der Waals surface area (Å²) in [5.41, 5.74) is 5.76. The third kappa shape index (κ3) is 2.25. The summed E-state index contributed by atoms with van der Waals surface area (Å²) in [6, 6.07) is 3.37. The minimum Gasteiger partial charge on any atom is -0.391 e. The van der Waals surface area contributed by atoms with Gasteiger partial charge in [0.15, 0.2) is 0 Å². The number of amides is 1. The minimum absolute atomic E-state index is 0.225. The van der Waals surface area contributed by atoms with Crippen molar-refractivity contribution in [1.82, 2.24) is 4.98 Å². The smallest absolute Gasteiger partial charge is 0.391 e. The number of primary amides is 1. The van der Waals surface area contributed by atoms with E-state index in [1.165, 1.54) is 0 Å². The van der Waals surface area contributed by atoms with Crippen LogP contribution in [0.4, 0.5) is 4.79 Å². The van der Waals surface area contributed by atoms with E-state index in [0.717, 1.165) is 5.56 Å². The number of pyridine rings is 1. The fourth-order valence-corrected chi connectivity index (χ4v) is 0.618. The zero-order valence-electron chi connectivity index (χ0n) is 6.07. The van der Waals surface area contributed by atoms with E-state index in [2.05, 4.69) is 9.72 Å². The molecule has 0 unspecified atom stereocenters. The molecule has 11 heavy (non-hydrogen) atoms. The van der Waals surface area contributed by atoms with Gasteiger partial charge in [-0.05, 0) is 12.5 Å². The van der Waals surface area contributed by atoms with E-state index < -0.39 is 6.09 Å². The van der Waals surface area contributed by atoms with Gasteiger partial charge in [0.2, 0.25) is 5.88 Å². The lowest BCUT2D eigenvalue weighted by molar-refractivity contribution is 0.209. The minimum atomic E-state index is -0.846. The Hall–Kier alpha value is -1.58. The van der Waals surface area contributed by atoms with Crippen LogP contribution < -0.4 is 10.5 Å². The number of aromatic nitrogens is 1. The first-order valence-corrected chi connectivity index (χ1v) is 3.08. The number of nitrogens with two attached hydrogens (primary N) is 1. The van der Waals surface area contributed by atoms with Gasteiger partial charge in [-0.25, -0.2) is 9.78 Å².